The second-order valence-corrected chi connectivity index (χ2v) is 5.90. The molecule has 18 heavy (non-hydrogen) atoms. The molecule has 2 rings (SSSR count). The number of benzene rings is 1. The summed E-state index contributed by atoms with van der Waals surface area (Å²) in [5, 5.41) is 1.38. The van der Waals surface area contributed by atoms with Gasteiger partial charge in [-0.25, -0.2) is 9.37 Å². The molecule has 2 nitrogen and oxygen atoms in total. The summed E-state index contributed by atoms with van der Waals surface area (Å²) in [6, 6.07) is 4.44. The number of hydrogen-bond acceptors (Lipinski definition) is 3. The van der Waals surface area contributed by atoms with Crippen LogP contribution >= 0.6 is 22.9 Å². The summed E-state index contributed by atoms with van der Waals surface area (Å²) in [5.41, 5.74) is 7.63. The standard InChI is InChI=1S/C13H14ClFN2S/c1-7-13(18-8(2)17-7)12(16)5-9-3-4-10(14)6-11(9)15/h3-4,6,12H,5,16H2,1-2H3. The van der Waals surface area contributed by atoms with Gasteiger partial charge in [0.1, 0.15) is 5.82 Å². The number of aryl methyl sites for hydroxylation is 2. The van der Waals surface area contributed by atoms with Gasteiger partial charge in [0.05, 0.1) is 10.7 Å². The minimum absolute atomic E-state index is 0.230. The minimum atomic E-state index is -0.308. The second-order valence-electron chi connectivity index (χ2n) is 4.23. The van der Waals surface area contributed by atoms with Gasteiger partial charge in [-0.1, -0.05) is 17.7 Å². The molecule has 0 bridgehead atoms. The molecule has 5 heteroatoms. The smallest absolute Gasteiger partial charge is 0.127 e. The second kappa shape index (κ2) is 5.34. The molecule has 2 aromatic rings. The highest BCUT2D eigenvalue weighted by Crippen LogP contribution is 2.27. The summed E-state index contributed by atoms with van der Waals surface area (Å²) in [5.74, 6) is -0.308. The average Bonchev–Trinajstić information content (AvgIpc) is 2.62. The Morgan fingerprint density at radius 3 is 2.72 bits per heavy atom. The molecular weight excluding hydrogens is 271 g/mol. The van der Waals surface area contributed by atoms with E-state index in [-0.39, 0.29) is 11.9 Å². The fourth-order valence-corrected chi connectivity index (χ4v) is 3.00. The van der Waals surface area contributed by atoms with Crippen LogP contribution in [-0.2, 0) is 6.42 Å². The molecule has 2 N–H and O–H groups in total. The van der Waals surface area contributed by atoms with Crippen LogP contribution in [0.1, 0.15) is 27.2 Å². The Kier molecular flexibility index (Phi) is 4.00. The monoisotopic (exact) mass is 284 g/mol. The number of rotatable bonds is 3. The average molecular weight is 285 g/mol. The molecule has 0 aliphatic carbocycles. The molecule has 0 aliphatic rings. The van der Waals surface area contributed by atoms with Crippen LogP contribution in [0.2, 0.25) is 5.02 Å². The molecule has 96 valence electrons. The van der Waals surface area contributed by atoms with Crippen molar-refractivity contribution in [3.63, 3.8) is 0 Å². The van der Waals surface area contributed by atoms with Crippen LogP contribution in [0.3, 0.4) is 0 Å². The Morgan fingerprint density at radius 2 is 2.17 bits per heavy atom. The molecule has 0 saturated carbocycles. The van der Waals surface area contributed by atoms with Gasteiger partial charge in [0.15, 0.2) is 0 Å². The first-order valence-electron chi connectivity index (χ1n) is 5.61. The van der Waals surface area contributed by atoms with Crippen LogP contribution in [0.15, 0.2) is 18.2 Å². The largest absolute Gasteiger partial charge is 0.323 e. The van der Waals surface area contributed by atoms with Crippen molar-refractivity contribution in [3.8, 4) is 0 Å². The number of hydrogen-bond donors (Lipinski definition) is 1. The van der Waals surface area contributed by atoms with Crippen LogP contribution in [0, 0.1) is 19.7 Å². The van der Waals surface area contributed by atoms with E-state index in [2.05, 4.69) is 4.98 Å². The third-order valence-corrected chi connectivity index (χ3v) is 4.17. The van der Waals surface area contributed by atoms with Crippen molar-refractivity contribution in [3.05, 3.63) is 50.2 Å². The third-order valence-electron chi connectivity index (χ3n) is 2.73. The Labute approximate surface area is 115 Å². The Balaban J connectivity index is 2.21. The van der Waals surface area contributed by atoms with Crippen LogP contribution in [0.5, 0.6) is 0 Å². The molecule has 0 radical (unpaired) electrons. The van der Waals surface area contributed by atoms with Crippen LogP contribution < -0.4 is 5.73 Å². The van der Waals surface area contributed by atoms with Crippen molar-refractivity contribution >= 4 is 22.9 Å². The van der Waals surface area contributed by atoms with Crippen molar-refractivity contribution in [2.75, 3.05) is 0 Å². The van der Waals surface area contributed by atoms with Gasteiger partial charge in [-0.05, 0) is 38.0 Å². The zero-order chi connectivity index (χ0) is 13.3. The summed E-state index contributed by atoms with van der Waals surface area (Å²) in [7, 11) is 0. The van der Waals surface area contributed by atoms with Crippen LogP contribution in [0.25, 0.3) is 0 Å². The van der Waals surface area contributed by atoms with Crippen molar-refractivity contribution < 1.29 is 4.39 Å². The lowest BCUT2D eigenvalue weighted by Crippen LogP contribution is -2.13. The molecule has 1 atom stereocenters. The zero-order valence-electron chi connectivity index (χ0n) is 10.2. The fraction of sp³-hybridized carbons (Fsp3) is 0.308. The summed E-state index contributed by atoms with van der Waals surface area (Å²) >= 11 is 7.29. The molecular formula is C13H14ClFN2S. The Morgan fingerprint density at radius 1 is 1.44 bits per heavy atom. The molecule has 0 aliphatic heterocycles. The SMILES string of the molecule is Cc1nc(C)c(C(N)Cc2ccc(Cl)cc2F)s1. The molecule has 1 heterocycles. The number of nitrogens with two attached hydrogens (primary N) is 1. The predicted octanol–water partition coefficient (Wildman–Crippen LogP) is 3.79. The van der Waals surface area contributed by atoms with Gasteiger partial charge in [-0.3, -0.25) is 0 Å². The fourth-order valence-electron chi connectivity index (χ4n) is 1.91. The van der Waals surface area contributed by atoms with Gasteiger partial charge >= 0.3 is 0 Å². The summed E-state index contributed by atoms with van der Waals surface area (Å²) < 4.78 is 13.7. The van der Waals surface area contributed by atoms with Crippen molar-refractivity contribution in [2.24, 2.45) is 5.73 Å². The zero-order valence-corrected chi connectivity index (χ0v) is 11.8. The van der Waals surface area contributed by atoms with E-state index in [4.69, 9.17) is 17.3 Å². The van der Waals surface area contributed by atoms with Crippen LogP contribution in [-0.4, -0.2) is 4.98 Å². The molecule has 1 unspecified atom stereocenters. The highest BCUT2D eigenvalue weighted by Gasteiger charge is 2.15. The minimum Gasteiger partial charge on any atom is -0.323 e. The Bertz CT molecular complexity index is 568. The molecule has 1 aromatic heterocycles. The van der Waals surface area contributed by atoms with E-state index in [9.17, 15) is 4.39 Å². The van der Waals surface area contributed by atoms with Crippen molar-refractivity contribution in [1.29, 1.82) is 0 Å². The van der Waals surface area contributed by atoms with E-state index in [1.807, 2.05) is 13.8 Å². The number of thiazole rings is 1. The van der Waals surface area contributed by atoms with E-state index in [0.717, 1.165) is 15.6 Å². The maximum absolute atomic E-state index is 13.7. The van der Waals surface area contributed by atoms with E-state index < -0.39 is 0 Å². The maximum Gasteiger partial charge on any atom is 0.127 e. The van der Waals surface area contributed by atoms with Gasteiger partial charge in [0.25, 0.3) is 0 Å². The molecule has 0 fully saturated rings. The van der Waals surface area contributed by atoms with Gasteiger partial charge in [-0.2, -0.15) is 0 Å². The molecule has 1 aromatic carbocycles. The lowest BCUT2D eigenvalue weighted by Gasteiger charge is -2.11. The summed E-state index contributed by atoms with van der Waals surface area (Å²) in [6.45, 7) is 3.87. The van der Waals surface area contributed by atoms with Crippen LogP contribution in [0.4, 0.5) is 4.39 Å². The van der Waals surface area contributed by atoms with Gasteiger partial charge < -0.3 is 5.73 Å². The Hall–Kier alpha value is -0.970. The first-order valence-corrected chi connectivity index (χ1v) is 6.80. The predicted molar refractivity (Wildman–Crippen MR) is 73.6 cm³/mol. The van der Waals surface area contributed by atoms with E-state index >= 15 is 0 Å². The lowest BCUT2D eigenvalue weighted by molar-refractivity contribution is 0.594. The summed E-state index contributed by atoms with van der Waals surface area (Å²) in [6.07, 6.45) is 0.450. The number of nitrogens with zero attached hydrogens (tertiary/aromatic N) is 1. The van der Waals surface area contributed by atoms with E-state index in [0.29, 0.717) is 17.0 Å². The third kappa shape index (κ3) is 2.88. The summed E-state index contributed by atoms with van der Waals surface area (Å²) in [4.78, 5) is 5.35. The molecule has 0 spiro atoms. The quantitative estimate of drug-likeness (QED) is 0.931. The van der Waals surface area contributed by atoms with Gasteiger partial charge in [0.2, 0.25) is 0 Å². The topological polar surface area (TPSA) is 38.9 Å². The van der Waals surface area contributed by atoms with E-state index in [1.54, 1.807) is 23.5 Å². The van der Waals surface area contributed by atoms with Crippen molar-refractivity contribution in [2.45, 2.75) is 26.3 Å². The normalized spacial score (nSPS) is 12.7. The van der Waals surface area contributed by atoms with Crippen molar-refractivity contribution in [1.82, 2.24) is 4.98 Å². The van der Waals surface area contributed by atoms with E-state index in [1.165, 1.54) is 6.07 Å². The number of aromatic nitrogens is 1. The van der Waals surface area contributed by atoms with Gasteiger partial charge in [0, 0.05) is 15.9 Å². The number of halogens is 2. The molecule has 0 amide bonds. The first kappa shape index (κ1) is 13.5. The highest BCUT2D eigenvalue weighted by atomic mass is 35.5. The highest BCUT2D eigenvalue weighted by molar-refractivity contribution is 7.11. The lowest BCUT2D eigenvalue weighted by atomic mass is 10.0. The maximum atomic E-state index is 13.7. The first-order chi connectivity index (χ1) is 8.47. The van der Waals surface area contributed by atoms with Gasteiger partial charge in [-0.15, -0.1) is 11.3 Å². The molecule has 0 saturated heterocycles.